The zero-order chi connectivity index (χ0) is 17.2. The van der Waals surface area contributed by atoms with E-state index in [2.05, 4.69) is 17.6 Å². The molecule has 2 amide bonds. The molecule has 1 aromatic heterocycles. The van der Waals surface area contributed by atoms with Gasteiger partial charge in [0.15, 0.2) is 12.4 Å². The average molecular weight is 330 g/mol. The molecule has 0 aliphatic rings. The molecule has 1 aromatic carbocycles. The van der Waals surface area contributed by atoms with Crippen molar-refractivity contribution >= 4 is 11.8 Å². The summed E-state index contributed by atoms with van der Waals surface area (Å²) in [6, 6.07) is 10.9. The number of ether oxygens (including phenoxy) is 1. The Morgan fingerprint density at radius 2 is 1.83 bits per heavy atom. The lowest BCUT2D eigenvalue weighted by molar-refractivity contribution is -0.123. The summed E-state index contributed by atoms with van der Waals surface area (Å²) >= 11 is 0. The summed E-state index contributed by atoms with van der Waals surface area (Å²) in [6.45, 7) is 2.71. The first kappa shape index (κ1) is 17.6. The van der Waals surface area contributed by atoms with Gasteiger partial charge in [-0.3, -0.25) is 9.59 Å². The zero-order valence-corrected chi connectivity index (χ0v) is 13.7. The van der Waals surface area contributed by atoms with Crippen molar-refractivity contribution in [3.8, 4) is 5.75 Å². The van der Waals surface area contributed by atoms with E-state index in [9.17, 15) is 9.59 Å². The van der Waals surface area contributed by atoms with Crippen molar-refractivity contribution in [1.29, 1.82) is 0 Å². The third kappa shape index (κ3) is 5.79. The van der Waals surface area contributed by atoms with E-state index >= 15 is 0 Å². The Morgan fingerprint density at radius 1 is 1.08 bits per heavy atom. The fraction of sp³-hybridized carbons (Fsp3) is 0.333. The van der Waals surface area contributed by atoms with Crippen molar-refractivity contribution in [3.63, 3.8) is 0 Å². The summed E-state index contributed by atoms with van der Waals surface area (Å²) in [4.78, 5) is 23.3. The first-order chi connectivity index (χ1) is 11.7. The number of nitrogens with one attached hydrogen (secondary N) is 2. The van der Waals surface area contributed by atoms with E-state index in [0.29, 0.717) is 18.8 Å². The molecular weight excluding hydrogens is 308 g/mol. The number of aryl methyl sites for hydroxylation is 1. The Balaban J connectivity index is 1.60. The molecule has 6 nitrogen and oxygen atoms in total. The molecule has 0 aliphatic heterocycles. The van der Waals surface area contributed by atoms with E-state index in [-0.39, 0.29) is 24.2 Å². The number of hydrogen-bond acceptors (Lipinski definition) is 4. The van der Waals surface area contributed by atoms with Crippen LogP contribution in [0.15, 0.2) is 47.1 Å². The highest BCUT2D eigenvalue weighted by atomic mass is 16.5. The van der Waals surface area contributed by atoms with Crippen LogP contribution in [-0.2, 0) is 11.2 Å². The number of carbonyl (C=O) groups is 2. The maximum atomic E-state index is 11.7. The molecule has 2 aromatic rings. The van der Waals surface area contributed by atoms with Gasteiger partial charge in [0.1, 0.15) is 5.75 Å². The fourth-order valence-electron chi connectivity index (χ4n) is 2.11. The molecule has 128 valence electrons. The maximum absolute atomic E-state index is 11.7. The summed E-state index contributed by atoms with van der Waals surface area (Å²) in [6.07, 6.45) is 3.56. The van der Waals surface area contributed by atoms with E-state index < -0.39 is 0 Å². The van der Waals surface area contributed by atoms with Crippen molar-refractivity contribution < 1.29 is 18.7 Å². The number of hydrogen-bond donors (Lipinski definition) is 2. The molecule has 0 saturated carbocycles. The molecule has 0 unspecified atom stereocenters. The fourth-order valence-corrected chi connectivity index (χ4v) is 2.11. The van der Waals surface area contributed by atoms with Crippen LogP contribution in [0.2, 0.25) is 0 Å². The number of carbonyl (C=O) groups excluding carboxylic acids is 2. The molecule has 0 fully saturated rings. The van der Waals surface area contributed by atoms with Gasteiger partial charge in [0.05, 0.1) is 6.26 Å². The topological polar surface area (TPSA) is 80.6 Å². The molecule has 0 atom stereocenters. The smallest absolute Gasteiger partial charge is 0.287 e. The Hall–Kier alpha value is -2.76. The third-order valence-electron chi connectivity index (χ3n) is 3.31. The SMILES string of the molecule is CCCc1ccc(OCC(=O)NCCNC(=O)c2ccco2)cc1. The van der Waals surface area contributed by atoms with Crippen LogP contribution in [-0.4, -0.2) is 31.5 Å². The predicted molar refractivity (Wildman–Crippen MR) is 90.0 cm³/mol. The van der Waals surface area contributed by atoms with E-state index in [1.807, 2.05) is 24.3 Å². The van der Waals surface area contributed by atoms with Gasteiger partial charge in [-0.05, 0) is 36.2 Å². The van der Waals surface area contributed by atoms with Gasteiger partial charge in [0.2, 0.25) is 0 Å². The van der Waals surface area contributed by atoms with Gasteiger partial charge in [-0.1, -0.05) is 25.5 Å². The number of benzene rings is 1. The lowest BCUT2D eigenvalue weighted by Crippen LogP contribution is -2.36. The summed E-state index contributed by atoms with van der Waals surface area (Å²) in [7, 11) is 0. The van der Waals surface area contributed by atoms with Gasteiger partial charge in [-0.2, -0.15) is 0 Å². The molecule has 0 bridgehead atoms. The lowest BCUT2D eigenvalue weighted by atomic mass is 10.1. The molecule has 24 heavy (non-hydrogen) atoms. The molecule has 0 saturated heterocycles. The van der Waals surface area contributed by atoms with Crippen LogP contribution in [0, 0.1) is 0 Å². The molecule has 1 heterocycles. The first-order valence-corrected chi connectivity index (χ1v) is 7.99. The zero-order valence-electron chi connectivity index (χ0n) is 13.7. The molecule has 2 rings (SSSR count). The van der Waals surface area contributed by atoms with Gasteiger partial charge in [0.25, 0.3) is 11.8 Å². The van der Waals surface area contributed by atoms with Gasteiger partial charge in [-0.25, -0.2) is 0 Å². The van der Waals surface area contributed by atoms with Gasteiger partial charge in [-0.15, -0.1) is 0 Å². The summed E-state index contributed by atoms with van der Waals surface area (Å²) in [5, 5.41) is 5.32. The minimum absolute atomic E-state index is 0.0563. The highest BCUT2D eigenvalue weighted by molar-refractivity contribution is 5.91. The van der Waals surface area contributed by atoms with E-state index in [1.165, 1.54) is 11.8 Å². The third-order valence-corrected chi connectivity index (χ3v) is 3.31. The minimum Gasteiger partial charge on any atom is -0.484 e. The molecule has 0 aliphatic carbocycles. The lowest BCUT2D eigenvalue weighted by Gasteiger charge is -2.08. The second kappa shape index (κ2) is 9.39. The normalized spacial score (nSPS) is 10.2. The number of furan rings is 1. The van der Waals surface area contributed by atoms with Crippen LogP contribution in [0.1, 0.15) is 29.5 Å². The second-order valence-corrected chi connectivity index (χ2v) is 5.27. The monoisotopic (exact) mass is 330 g/mol. The largest absolute Gasteiger partial charge is 0.484 e. The van der Waals surface area contributed by atoms with E-state index in [4.69, 9.17) is 9.15 Å². The Morgan fingerprint density at radius 3 is 2.50 bits per heavy atom. The van der Waals surface area contributed by atoms with Crippen LogP contribution >= 0.6 is 0 Å². The Labute approximate surface area is 141 Å². The Bertz CT molecular complexity index is 636. The molecule has 2 N–H and O–H groups in total. The quantitative estimate of drug-likeness (QED) is 0.691. The van der Waals surface area contributed by atoms with Gasteiger partial charge >= 0.3 is 0 Å². The number of amides is 2. The first-order valence-electron chi connectivity index (χ1n) is 7.99. The number of rotatable bonds is 9. The van der Waals surface area contributed by atoms with E-state index in [1.54, 1.807) is 12.1 Å². The van der Waals surface area contributed by atoms with Gasteiger partial charge < -0.3 is 19.8 Å². The molecule has 6 heteroatoms. The van der Waals surface area contributed by atoms with Gasteiger partial charge in [0, 0.05) is 13.1 Å². The van der Waals surface area contributed by atoms with E-state index in [0.717, 1.165) is 12.8 Å². The van der Waals surface area contributed by atoms with Crippen LogP contribution in [0.5, 0.6) is 5.75 Å². The van der Waals surface area contributed by atoms with Crippen molar-refractivity contribution in [2.24, 2.45) is 0 Å². The highest BCUT2D eigenvalue weighted by Gasteiger charge is 2.07. The average Bonchev–Trinajstić information content (AvgIpc) is 3.13. The van der Waals surface area contributed by atoms with Crippen LogP contribution < -0.4 is 15.4 Å². The summed E-state index contributed by atoms with van der Waals surface area (Å²) in [5.41, 5.74) is 1.25. The van der Waals surface area contributed by atoms with Crippen LogP contribution in [0.25, 0.3) is 0 Å². The van der Waals surface area contributed by atoms with Crippen LogP contribution in [0.3, 0.4) is 0 Å². The van der Waals surface area contributed by atoms with Crippen molar-refractivity contribution in [3.05, 3.63) is 54.0 Å². The standard InChI is InChI=1S/C18H22N2O4/c1-2-4-14-6-8-15(9-7-14)24-13-17(21)19-10-11-20-18(22)16-5-3-12-23-16/h3,5-9,12H,2,4,10-11,13H2,1H3,(H,19,21)(H,20,22). The maximum Gasteiger partial charge on any atom is 0.287 e. The molecule has 0 spiro atoms. The minimum atomic E-state index is -0.308. The molecular formula is C18H22N2O4. The van der Waals surface area contributed by atoms with Crippen molar-refractivity contribution in [2.75, 3.05) is 19.7 Å². The highest BCUT2D eigenvalue weighted by Crippen LogP contribution is 2.13. The second-order valence-electron chi connectivity index (χ2n) is 5.27. The predicted octanol–water partition coefficient (Wildman–Crippen LogP) is 2.16. The summed E-state index contributed by atoms with van der Waals surface area (Å²) in [5.74, 6) is 0.366. The van der Waals surface area contributed by atoms with Crippen molar-refractivity contribution in [1.82, 2.24) is 10.6 Å². The van der Waals surface area contributed by atoms with Crippen molar-refractivity contribution in [2.45, 2.75) is 19.8 Å². The summed E-state index contributed by atoms with van der Waals surface area (Å²) < 4.78 is 10.4. The molecule has 0 radical (unpaired) electrons. The van der Waals surface area contributed by atoms with Crippen LogP contribution in [0.4, 0.5) is 0 Å². The Kier molecular flexibility index (Phi) is 6.89.